The van der Waals surface area contributed by atoms with Crippen LogP contribution in [0.3, 0.4) is 0 Å². The number of anilines is 3. The third-order valence-electron chi connectivity index (χ3n) is 3.36. The highest BCUT2D eigenvalue weighted by molar-refractivity contribution is 5.86. The van der Waals surface area contributed by atoms with Crippen LogP contribution in [0, 0.1) is 13.8 Å². The summed E-state index contributed by atoms with van der Waals surface area (Å²) < 4.78 is 0. The Morgan fingerprint density at radius 3 is 2.70 bits per heavy atom. The first-order valence-corrected chi connectivity index (χ1v) is 7.35. The fourth-order valence-electron chi connectivity index (χ4n) is 2.28. The van der Waals surface area contributed by atoms with Crippen molar-refractivity contribution in [2.75, 3.05) is 23.8 Å². The summed E-state index contributed by atoms with van der Waals surface area (Å²) in [7, 11) is 0. The Morgan fingerprint density at radius 2 is 1.91 bits per heavy atom. The molecular formula is C16H18N6O. The van der Waals surface area contributed by atoms with Crippen molar-refractivity contribution in [2.24, 2.45) is 0 Å². The van der Waals surface area contributed by atoms with E-state index in [1.807, 2.05) is 19.1 Å². The van der Waals surface area contributed by atoms with E-state index >= 15 is 0 Å². The molecule has 0 radical (unpaired) electrons. The van der Waals surface area contributed by atoms with E-state index in [9.17, 15) is 0 Å². The topological polar surface area (TPSA) is 95.9 Å². The van der Waals surface area contributed by atoms with Crippen LogP contribution in [0.15, 0.2) is 30.6 Å². The predicted molar refractivity (Wildman–Crippen MR) is 89.9 cm³/mol. The Morgan fingerprint density at radius 1 is 1.09 bits per heavy atom. The molecule has 0 bridgehead atoms. The van der Waals surface area contributed by atoms with E-state index in [0.717, 1.165) is 11.3 Å². The highest BCUT2D eigenvalue weighted by Gasteiger charge is 2.11. The number of aryl methyl sites for hydroxylation is 2. The average Bonchev–Trinajstić information content (AvgIpc) is 2.55. The van der Waals surface area contributed by atoms with Crippen LogP contribution >= 0.6 is 0 Å². The molecule has 0 amide bonds. The number of hydrogen-bond donors (Lipinski definition) is 3. The minimum absolute atomic E-state index is 0.00168. The molecule has 0 aliphatic heterocycles. The first-order chi connectivity index (χ1) is 11.2. The molecule has 0 fully saturated rings. The molecule has 0 saturated carbocycles. The molecule has 0 aliphatic carbocycles. The number of aliphatic hydroxyl groups excluding tert-OH is 1. The lowest BCUT2D eigenvalue weighted by molar-refractivity contribution is 0.311. The summed E-state index contributed by atoms with van der Waals surface area (Å²) in [6.07, 6.45) is 3.20. The van der Waals surface area contributed by atoms with Gasteiger partial charge in [-0.25, -0.2) is 9.97 Å². The molecule has 1 aromatic carbocycles. The minimum Gasteiger partial charge on any atom is -0.395 e. The van der Waals surface area contributed by atoms with Crippen molar-refractivity contribution in [3.8, 4) is 0 Å². The maximum absolute atomic E-state index is 8.95. The van der Waals surface area contributed by atoms with Gasteiger partial charge in [-0.15, -0.1) is 0 Å². The third kappa shape index (κ3) is 3.35. The van der Waals surface area contributed by atoms with E-state index in [1.165, 1.54) is 5.56 Å². The number of fused-ring (bicyclic) bond motifs is 1. The first-order valence-electron chi connectivity index (χ1n) is 7.35. The smallest absolute Gasteiger partial charge is 0.226 e. The summed E-state index contributed by atoms with van der Waals surface area (Å²) in [5, 5.41) is 15.2. The maximum atomic E-state index is 8.95. The Kier molecular flexibility index (Phi) is 4.29. The molecule has 7 nitrogen and oxygen atoms in total. The van der Waals surface area contributed by atoms with Gasteiger partial charge in [0.25, 0.3) is 0 Å². The number of aliphatic hydroxyl groups is 1. The maximum Gasteiger partial charge on any atom is 0.226 e. The molecule has 7 heteroatoms. The summed E-state index contributed by atoms with van der Waals surface area (Å²) in [4.78, 5) is 17.3. The molecule has 0 aliphatic rings. The second-order valence-corrected chi connectivity index (χ2v) is 5.22. The SMILES string of the molecule is Cc1ccc(Nc2nc(NCCO)nc3nccnc23)c(C)c1. The lowest BCUT2D eigenvalue weighted by Crippen LogP contribution is -2.10. The average molecular weight is 310 g/mol. The van der Waals surface area contributed by atoms with Gasteiger partial charge in [-0.1, -0.05) is 17.7 Å². The van der Waals surface area contributed by atoms with Crippen LogP contribution in [0.25, 0.3) is 11.2 Å². The molecule has 118 valence electrons. The zero-order chi connectivity index (χ0) is 16.2. The van der Waals surface area contributed by atoms with Gasteiger partial charge in [0.2, 0.25) is 5.95 Å². The van der Waals surface area contributed by atoms with Crippen molar-refractivity contribution >= 4 is 28.6 Å². The number of nitrogens with zero attached hydrogens (tertiary/aromatic N) is 4. The van der Waals surface area contributed by atoms with E-state index < -0.39 is 0 Å². The summed E-state index contributed by atoms with van der Waals surface area (Å²) in [5.41, 5.74) is 4.36. The lowest BCUT2D eigenvalue weighted by Gasteiger charge is -2.12. The van der Waals surface area contributed by atoms with Gasteiger partial charge in [0.1, 0.15) is 0 Å². The molecule has 2 aromatic heterocycles. The first kappa shape index (κ1) is 15.1. The Balaban J connectivity index is 2.03. The van der Waals surface area contributed by atoms with Crippen molar-refractivity contribution < 1.29 is 5.11 Å². The predicted octanol–water partition coefficient (Wildman–Crippen LogP) is 2.18. The highest BCUT2D eigenvalue weighted by atomic mass is 16.3. The van der Waals surface area contributed by atoms with Gasteiger partial charge >= 0.3 is 0 Å². The van der Waals surface area contributed by atoms with Crippen LogP contribution in [0.2, 0.25) is 0 Å². The van der Waals surface area contributed by atoms with E-state index in [4.69, 9.17) is 5.11 Å². The largest absolute Gasteiger partial charge is 0.395 e. The molecular weight excluding hydrogens is 292 g/mol. The van der Waals surface area contributed by atoms with Crippen LogP contribution < -0.4 is 10.6 Å². The molecule has 3 N–H and O–H groups in total. The van der Waals surface area contributed by atoms with Gasteiger partial charge in [-0.2, -0.15) is 9.97 Å². The zero-order valence-electron chi connectivity index (χ0n) is 13.0. The van der Waals surface area contributed by atoms with Gasteiger partial charge in [0.15, 0.2) is 17.0 Å². The number of hydrogen-bond acceptors (Lipinski definition) is 7. The van der Waals surface area contributed by atoms with E-state index in [2.05, 4.69) is 43.6 Å². The monoisotopic (exact) mass is 310 g/mol. The van der Waals surface area contributed by atoms with Crippen molar-refractivity contribution in [3.63, 3.8) is 0 Å². The molecule has 0 unspecified atom stereocenters. The van der Waals surface area contributed by atoms with Crippen molar-refractivity contribution in [1.29, 1.82) is 0 Å². The van der Waals surface area contributed by atoms with Crippen LogP contribution in [-0.2, 0) is 0 Å². The second kappa shape index (κ2) is 6.53. The lowest BCUT2D eigenvalue weighted by atomic mass is 10.1. The highest BCUT2D eigenvalue weighted by Crippen LogP contribution is 2.25. The van der Waals surface area contributed by atoms with E-state index in [0.29, 0.717) is 29.5 Å². The van der Waals surface area contributed by atoms with Crippen LogP contribution in [0.4, 0.5) is 17.5 Å². The molecule has 0 saturated heterocycles. The quantitative estimate of drug-likeness (QED) is 0.664. The van der Waals surface area contributed by atoms with Gasteiger partial charge < -0.3 is 15.7 Å². The zero-order valence-corrected chi connectivity index (χ0v) is 13.0. The second-order valence-electron chi connectivity index (χ2n) is 5.22. The molecule has 0 atom stereocenters. The fourth-order valence-corrected chi connectivity index (χ4v) is 2.28. The van der Waals surface area contributed by atoms with Crippen LogP contribution in [0.5, 0.6) is 0 Å². The number of aromatic nitrogens is 4. The summed E-state index contributed by atoms with van der Waals surface area (Å²) >= 11 is 0. The summed E-state index contributed by atoms with van der Waals surface area (Å²) in [6, 6.07) is 6.15. The van der Waals surface area contributed by atoms with Gasteiger partial charge in [-0.05, 0) is 25.5 Å². The number of rotatable bonds is 5. The standard InChI is InChI=1S/C16H18N6O/c1-10-3-4-12(11(2)9-10)20-15-13-14(18-6-5-17-13)21-16(22-15)19-7-8-23/h3-6,9,23H,7-8H2,1-2H3,(H2,18,19,20,21,22). The van der Waals surface area contributed by atoms with Crippen LogP contribution in [0.1, 0.15) is 11.1 Å². The van der Waals surface area contributed by atoms with E-state index in [1.54, 1.807) is 12.4 Å². The molecule has 2 heterocycles. The van der Waals surface area contributed by atoms with Gasteiger partial charge in [0, 0.05) is 24.6 Å². The van der Waals surface area contributed by atoms with E-state index in [-0.39, 0.29) is 6.61 Å². The molecule has 3 rings (SSSR count). The number of benzene rings is 1. The Labute approximate surface area is 133 Å². The number of nitrogens with one attached hydrogen (secondary N) is 2. The third-order valence-corrected chi connectivity index (χ3v) is 3.36. The summed E-state index contributed by atoms with van der Waals surface area (Å²) in [6.45, 7) is 4.46. The van der Waals surface area contributed by atoms with Crippen LogP contribution in [-0.4, -0.2) is 38.2 Å². The molecule has 23 heavy (non-hydrogen) atoms. The Hall–Kier alpha value is -2.80. The van der Waals surface area contributed by atoms with Crippen molar-refractivity contribution in [3.05, 3.63) is 41.7 Å². The molecule has 3 aromatic rings. The Bertz CT molecular complexity index is 836. The molecule has 0 spiro atoms. The van der Waals surface area contributed by atoms with Gasteiger partial charge in [-0.3, -0.25) is 0 Å². The minimum atomic E-state index is 0.00168. The van der Waals surface area contributed by atoms with Crippen molar-refractivity contribution in [1.82, 2.24) is 19.9 Å². The normalized spacial score (nSPS) is 10.7. The summed E-state index contributed by atoms with van der Waals surface area (Å²) in [5.74, 6) is 0.981. The fraction of sp³-hybridized carbons (Fsp3) is 0.250. The van der Waals surface area contributed by atoms with Crippen molar-refractivity contribution in [2.45, 2.75) is 13.8 Å². The van der Waals surface area contributed by atoms with Gasteiger partial charge in [0.05, 0.1) is 6.61 Å².